The maximum absolute atomic E-state index is 13.1. The van der Waals surface area contributed by atoms with Crippen molar-refractivity contribution in [2.75, 3.05) is 11.4 Å². The van der Waals surface area contributed by atoms with Gasteiger partial charge in [-0.3, -0.25) is 9.78 Å². The Kier molecular flexibility index (Phi) is 4.32. The molecule has 1 aliphatic heterocycles. The smallest absolute Gasteiger partial charge is 0.307 e. The number of amides is 3. The maximum atomic E-state index is 13.1. The van der Waals surface area contributed by atoms with Crippen LogP contribution in [0.5, 0.6) is 0 Å². The van der Waals surface area contributed by atoms with Gasteiger partial charge in [0.25, 0.3) is 5.91 Å². The average molecular weight is 360 g/mol. The number of carbonyl (C=O) groups is 2. The Morgan fingerprint density at radius 3 is 2.44 bits per heavy atom. The normalized spacial score (nSPS) is 15.8. The topological polar surface area (TPSA) is 66.4 Å². The lowest BCUT2D eigenvalue weighted by Gasteiger charge is -2.30. The number of anilines is 1. The Balaban J connectivity index is 1.70. The average Bonchev–Trinajstić information content (AvgIpc) is 2.96. The van der Waals surface area contributed by atoms with E-state index in [4.69, 9.17) is 0 Å². The number of rotatable bonds is 4. The molecule has 0 radical (unpaired) electrons. The molecule has 0 N–H and O–H groups in total. The van der Waals surface area contributed by atoms with Crippen molar-refractivity contribution in [1.82, 2.24) is 14.9 Å². The molecule has 2 aromatic heterocycles. The molecule has 3 heterocycles. The highest BCUT2D eigenvalue weighted by molar-refractivity contribution is 6.19. The molecule has 0 aliphatic carbocycles. The van der Waals surface area contributed by atoms with Crippen LogP contribution >= 0.6 is 0 Å². The Morgan fingerprint density at radius 1 is 0.963 bits per heavy atom. The molecule has 1 atom stereocenters. The largest absolute Gasteiger partial charge is 0.333 e. The predicted octanol–water partition coefficient (Wildman–Crippen LogP) is 3.80. The van der Waals surface area contributed by atoms with Gasteiger partial charge < -0.3 is 4.90 Å². The predicted molar refractivity (Wildman–Crippen MR) is 103 cm³/mol. The summed E-state index contributed by atoms with van der Waals surface area (Å²) in [7, 11) is 0. The van der Waals surface area contributed by atoms with Crippen molar-refractivity contribution in [3.05, 3.63) is 66.5 Å². The van der Waals surface area contributed by atoms with Gasteiger partial charge in [-0.15, -0.1) is 0 Å². The molecular formula is C21H20N4O2. The minimum absolute atomic E-state index is 0.0402. The van der Waals surface area contributed by atoms with Crippen LogP contribution in [0.2, 0.25) is 0 Å². The van der Waals surface area contributed by atoms with E-state index in [1.54, 1.807) is 23.4 Å². The van der Waals surface area contributed by atoms with E-state index in [1.807, 2.05) is 56.3 Å². The second-order valence-corrected chi connectivity index (χ2v) is 6.97. The van der Waals surface area contributed by atoms with Gasteiger partial charge in [-0.2, -0.15) is 0 Å². The quantitative estimate of drug-likeness (QED) is 0.664. The molecule has 4 rings (SSSR count). The van der Waals surface area contributed by atoms with E-state index >= 15 is 0 Å². The number of imide groups is 1. The van der Waals surface area contributed by atoms with Crippen molar-refractivity contribution in [3.63, 3.8) is 0 Å². The van der Waals surface area contributed by atoms with E-state index in [1.165, 1.54) is 4.90 Å². The van der Waals surface area contributed by atoms with Crippen LogP contribution < -0.4 is 4.90 Å². The monoisotopic (exact) mass is 360 g/mol. The van der Waals surface area contributed by atoms with Gasteiger partial charge in [0.2, 0.25) is 0 Å². The first-order chi connectivity index (χ1) is 13.1. The minimum Gasteiger partial charge on any atom is -0.307 e. The lowest BCUT2D eigenvalue weighted by atomic mass is 9.95. The molecule has 6 nitrogen and oxygen atoms in total. The molecule has 27 heavy (non-hydrogen) atoms. The van der Waals surface area contributed by atoms with E-state index in [0.29, 0.717) is 5.82 Å². The standard InChI is InChI=1S/C21H20N4O2/c1-14(2)20(16-9-11-22-12-10-16)24-13-19(26)25(21(24)27)18-8-7-15-5-3-4-6-17(15)23-18/h3-12,14,20H,13H2,1-2H3. The fourth-order valence-corrected chi connectivity index (χ4v) is 3.63. The Morgan fingerprint density at radius 2 is 1.70 bits per heavy atom. The number of aromatic nitrogens is 2. The van der Waals surface area contributed by atoms with E-state index in [0.717, 1.165) is 16.5 Å². The summed E-state index contributed by atoms with van der Waals surface area (Å²) in [5, 5.41) is 0.967. The first-order valence-corrected chi connectivity index (χ1v) is 8.95. The molecule has 1 fully saturated rings. The van der Waals surface area contributed by atoms with Gasteiger partial charge in [0.05, 0.1) is 11.6 Å². The van der Waals surface area contributed by atoms with Crippen LogP contribution in [0.15, 0.2) is 60.9 Å². The molecule has 0 spiro atoms. The molecule has 1 saturated heterocycles. The lowest BCUT2D eigenvalue weighted by molar-refractivity contribution is -0.116. The Bertz CT molecular complexity index is 1000. The first kappa shape index (κ1) is 17.1. The highest BCUT2D eigenvalue weighted by Crippen LogP contribution is 2.33. The third kappa shape index (κ3) is 3.03. The van der Waals surface area contributed by atoms with Crippen molar-refractivity contribution in [2.45, 2.75) is 19.9 Å². The number of pyridine rings is 2. The summed E-state index contributed by atoms with van der Waals surface area (Å²) in [6.07, 6.45) is 3.41. The number of hydrogen-bond donors (Lipinski definition) is 0. The van der Waals surface area contributed by atoms with Crippen molar-refractivity contribution >= 4 is 28.7 Å². The Labute approximate surface area is 157 Å². The number of nitrogens with zero attached hydrogens (tertiary/aromatic N) is 4. The summed E-state index contributed by atoms with van der Waals surface area (Å²) in [6, 6.07) is 14.5. The van der Waals surface area contributed by atoms with E-state index in [9.17, 15) is 9.59 Å². The van der Waals surface area contributed by atoms with Crippen molar-refractivity contribution in [1.29, 1.82) is 0 Å². The van der Waals surface area contributed by atoms with Gasteiger partial charge in [0, 0.05) is 17.8 Å². The van der Waals surface area contributed by atoms with Crippen LogP contribution in [0.4, 0.5) is 10.6 Å². The van der Waals surface area contributed by atoms with Gasteiger partial charge in [-0.05, 0) is 41.8 Å². The van der Waals surface area contributed by atoms with Gasteiger partial charge in [0.15, 0.2) is 0 Å². The molecule has 3 aromatic rings. The van der Waals surface area contributed by atoms with E-state index in [-0.39, 0.29) is 30.4 Å². The lowest BCUT2D eigenvalue weighted by Crippen LogP contribution is -2.37. The highest BCUT2D eigenvalue weighted by atomic mass is 16.2. The number of carbonyl (C=O) groups excluding carboxylic acids is 2. The molecule has 1 unspecified atom stereocenters. The number of fused-ring (bicyclic) bond motifs is 1. The summed E-state index contributed by atoms with van der Waals surface area (Å²) in [6.45, 7) is 4.12. The molecule has 6 heteroatoms. The first-order valence-electron chi connectivity index (χ1n) is 8.95. The highest BCUT2D eigenvalue weighted by Gasteiger charge is 2.42. The molecule has 0 saturated carbocycles. The number of hydrogen-bond acceptors (Lipinski definition) is 4. The number of benzene rings is 1. The number of para-hydroxylation sites is 1. The fourth-order valence-electron chi connectivity index (χ4n) is 3.63. The van der Waals surface area contributed by atoms with Crippen LogP contribution in [-0.2, 0) is 4.79 Å². The molecule has 1 aliphatic rings. The van der Waals surface area contributed by atoms with Crippen LogP contribution in [0, 0.1) is 5.92 Å². The van der Waals surface area contributed by atoms with Gasteiger partial charge in [0.1, 0.15) is 12.4 Å². The van der Waals surface area contributed by atoms with Gasteiger partial charge in [-0.25, -0.2) is 14.7 Å². The zero-order chi connectivity index (χ0) is 19.0. The second-order valence-electron chi connectivity index (χ2n) is 6.97. The van der Waals surface area contributed by atoms with Crippen LogP contribution in [0.3, 0.4) is 0 Å². The zero-order valence-electron chi connectivity index (χ0n) is 15.2. The van der Waals surface area contributed by atoms with Gasteiger partial charge >= 0.3 is 6.03 Å². The molecule has 1 aromatic carbocycles. The second kappa shape index (κ2) is 6.79. The summed E-state index contributed by atoms with van der Waals surface area (Å²) in [5.74, 6) is 0.250. The summed E-state index contributed by atoms with van der Waals surface area (Å²) in [4.78, 5) is 37.2. The Hall–Kier alpha value is -3.28. The molecule has 3 amide bonds. The van der Waals surface area contributed by atoms with E-state index in [2.05, 4.69) is 9.97 Å². The zero-order valence-corrected chi connectivity index (χ0v) is 15.2. The van der Waals surface area contributed by atoms with E-state index < -0.39 is 0 Å². The molecular weight excluding hydrogens is 340 g/mol. The molecule has 136 valence electrons. The van der Waals surface area contributed by atoms with Crippen molar-refractivity contribution in [2.24, 2.45) is 5.92 Å². The maximum Gasteiger partial charge on any atom is 0.333 e. The number of urea groups is 1. The van der Waals surface area contributed by atoms with Crippen molar-refractivity contribution < 1.29 is 9.59 Å². The SMILES string of the molecule is CC(C)C(c1ccncc1)N1CC(=O)N(c2ccc3ccccc3n2)C1=O. The third-order valence-electron chi connectivity index (χ3n) is 4.82. The van der Waals surface area contributed by atoms with Gasteiger partial charge in [-0.1, -0.05) is 32.0 Å². The fraction of sp³-hybridized carbons (Fsp3) is 0.238. The molecule has 0 bridgehead atoms. The van der Waals surface area contributed by atoms with Crippen LogP contribution in [0.1, 0.15) is 25.5 Å². The minimum atomic E-state index is -0.335. The van der Waals surface area contributed by atoms with Crippen LogP contribution in [0.25, 0.3) is 10.9 Å². The summed E-state index contributed by atoms with van der Waals surface area (Å²) >= 11 is 0. The summed E-state index contributed by atoms with van der Waals surface area (Å²) < 4.78 is 0. The van der Waals surface area contributed by atoms with Crippen LogP contribution in [-0.4, -0.2) is 33.4 Å². The summed E-state index contributed by atoms with van der Waals surface area (Å²) in [5.41, 5.74) is 1.72. The third-order valence-corrected chi connectivity index (χ3v) is 4.82. The van der Waals surface area contributed by atoms with Crippen molar-refractivity contribution in [3.8, 4) is 0 Å².